The number of aliphatic carboxylic acids is 1. The lowest BCUT2D eigenvalue weighted by Gasteiger charge is -2.17. The zero-order valence-corrected chi connectivity index (χ0v) is 12.3. The first-order valence-electron chi connectivity index (χ1n) is 5.99. The van der Waals surface area contributed by atoms with Crippen molar-refractivity contribution in [3.8, 4) is 0 Å². The summed E-state index contributed by atoms with van der Waals surface area (Å²) in [5.41, 5.74) is 2.85. The van der Waals surface area contributed by atoms with Crippen LogP contribution < -0.4 is 0 Å². The minimum absolute atomic E-state index is 0.557. The monoisotopic (exact) mass is 279 g/mol. The smallest absolute Gasteiger partial charge is 0.319 e. The Morgan fingerprint density at radius 3 is 2.74 bits per heavy atom. The molecule has 1 N–H and O–H groups in total. The second-order valence-corrected chi connectivity index (χ2v) is 6.64. The van der Waals surface area contributed by atoms with Crippen LogP contribution in [0.3, 0.4) is 0 Å². The van der Waals surface area contributed by atoms with E-state index in [1.165, 1.54) is 11.8 Å². The van der Waals surface area contributed by atoms with Crippen molar-refractivity contribution in [2.45, 2.75) is 38.2 Å². The van der Waals surface area contributed by atoms with Gasteiger partial charge in [0.1, 0.15) is 4.75 Å². The van der Waals surface area contributed by atoms with Gasteiger partial charge in [-0.1, -0.05) is 0 Å². The highest BCUT2D eigenvalue weighted by Crippen LogP contribution is 2.28. The number of hydrogen-bond acceptors (Lipinski definition) is 4. The minimum atomic E-state index is -0.814. The highest BCUT2D eigenvalue weighted by Gasteiger charge is 2.27. The molecule has 0 aliphatic carbocycles. The summed E-state index contributed by atoms with van der Waals surface area (Å²) >= 11 is 1.36. The van der Waals surface area contributed by atoms with Crippen molar-refractivity contribution < 1.29 is 9.90 Å². The van der Waals surface area contributed by atoms with Crippen molar-refractivity contribution in [1.82, 2.24) is 14.4 Å². The molecule has 2 aromatic heterocycles. The van der Waals surface area contributed by atoms with Gasteiger partial charge < -0.3 is 5.11 Å². The molecule has 0 saturated heterocycles. The topological polar surface area (TPSA) is 67.5 Å². The van der Waals surface area contributed by atoms with E-state index >= 15 is 0 Å². The summed E-state index contributed by atoms with van der Waals surface area (Å²) in [6.07, 6.45) is 1.92. The van der Waals surface area contributed by atoms with Crippen molar-refractivity contribution in [2.24, 2.45) is 0 Å². The van der Waals surface area contributed by atoms with E-state index in [0.717, 1.165) is 17.1 Å². The Kier molecular flexibility index (Phi) is 3.54. The molecule has 0 radical (unpaired) electrons. The van der Waals surface area contributed by atoms with Gasteiger partial charge >= 0.3 is 5.97 Å². The molecule has 0 atom stereocenters. The Morgan fingerprint density at radius 1 is 1.42 bits per heavy atom. The molecule has 0 aliphatic rings. The van der Waals surface area contributed by atoms with Gasteiger partial charge in [0.2, 0.25) is 5.78 Å². The van der Waals surface area contributed by atoms with Crippen LogP contribution in [0.1, 0.15) is 30.9 Å². The Hall–Kier alpha value is -1.56. The molecule has 0 unspecified atom stereocenters. The number of carboxylic acids is 1. The molecule has 0 aromatic carbocycles. The fraction of sp³-hybridized carbons (Fsp3) is 0.462. The van der Waals surface area contributed by atoms with E-state index in [1.807, 2.05) is 30.5 Å². The standard InChI is InChI=1S/C13H17N3O2S/c1-8-5-9(2)16-6-10(15-12(16)14-8)7-19-13(3,4)11(17)18/h5-6H,7H2,1-4H3,(H,17,18). The zero-order valence-electron chi connectivity index (χ0n) is 11.5. The zero-order chi connectivity index (χ0) is 14.2. The molecule has 0 amide bonds. The Balaban J connectivity index is 2.23. The van der Waals surface area contributed by atoms with Crippen molar-refractivity contribution in [1.29, 1.82) is 0 Å². The summed E-state index contributed by atoms with van der Waals surface area (Å²) in [5, 5.41) is 9.08. The first-order valence-corrected chi connectivity index (χ1v) is 6.98. The average Bonchev–Trinajstić information content (AvgIpc) is 2.69. The van der Waals surface area contributed by atoms with Crippen LogP contribution in [0.25, 0.3) is 5.78 Å². The third-order valence-corrected chi connectivity index (χ3v) is 4.24. The van der Waals surface area contributed by atoms with Crippen molar-refractivity contribution in [2.75, 3.05) is 0 Å². The fourth-order valence-corrected chi connectivity index (χ4v) is 2.48. The normalized spacial score (nSPS) is 12.0. The van der Waals surface area contributed by atoms with E-state index in [1.54, 1.807) is 13.8 Å². The second-order valence-electron chi connectivity index (χ2n) is 5.05. The molecule has 0 saturated carbocycles. The molecule has 19 heavy (non-hydrogen) atoms. The molecule has 102 valence electrons. The number of thioether (sulfide) groups is 1. The Labute approximate surface area is 116 Å². The summed E-state index contributed by atoms with van der Waals surface area (Å²) in [7, 11) is 0. The Bertz CT molecular complexity index is 634. The maximum Gasteiger partial charge on any atom is 0.319 e. The first-order chi connectivity index (χ1) is 8.79. The lowest BCUT2D eigenvalue weighted by atomic mass is 10.2. The molecule has 2 aromatic rings. The number of nitrogens with zero attached hydrogens (tertiary/aromatic N) is 3. The molecule has 0 aliphatic heterocycles. The van der Waals surface area contributed by atoms with E-state index in [9.17, 15) is 4.79 Å². The van der Waals surface area contributed by atoms with Crippen molar-refractivity contribution in [3.05, 3.63) is 29.3 Å². The number of rotatable bonds is 4. The number of imidazole rings is 1. The summed E-state index contributed by atoms with van der Waals surface area (Å²) in [5.74, 6) is 0.411. The van der Waals surface area contributed by atoms with Crippen LogP contribution in [0.2, 0.25) is 0 Å². The summed E-state index contributed by atoms with van der Waals surface area (Å²) in [6.45, 7) is 7.33. The van der Waals surface area contributed by atoms with Crippen LogP contribution in [0, 0.1) is 13.8 Å². The molecule has 0 fully saturated rings. The number of aryl methyl sites for hydroxylation is 2. The van der Waals surface area contributed by atoms with Gasteiger partial charge in [-0.25, -0.2) is 9.97 Å². The van der Waals surface area contributed by atoms with Gasteiger partial charge in [-0.2, -0.15) is 0 Å². The molecular weight excluding hydrogens is 262 g/mol. The SMILES string of the molecule is Cc1cc(C)n2cc(CSC(C)(C)C(=O)O)nc2n1. The van der Waals surface area contributed by atoms with E-state index in [0.29, 0.717) is 11.5 Å². The number of fused-ring (bicyclic) bond motifs is 1. The lowest BCUT2D eigenvalue weighted by Crippen LogP contribution is -2.27. The van der Waals surface area contributed by atoms with E-state index in [4.69, 9.17) is 5.11 Å². The van der Waals surface area contributed by atoms with Gasteiger partial charge in [0.15, 0.2) is 0 Å². The van der Waals surface area contributed by atoms with Crippen LogP contribution in [-0.4, -0.2) is 30.2 Å². The summed E-state index contributed by atoms with van der Waals surface area (Å²) in [6, 6.07) is 1.99. The average molecular weight is 279 g/mol. The quantitative estimate of drug-likeness (QED) is 0.931. The predicted molar refractivity (Wildman–Crippen MR) is 75.5 cm³/mol. The van der Waals surface area contributed by atoms with Gasteiger partial charge in [0.05, 0.1) is 5.69 Å². The molecule has 0 bridgehead atoms. The van der Waals surface area contributed by atoms with Crippen molar-refractivity contribution in [3.63, 3.8) is 0 Å². The summed E-state index contributed by atoms with van der Waals surface area (Å²) < 4.78 is 1.12. The number of carbonyl (C=O) groups is 1. The van der Waals surface area contributed by atoms with E-state index in [2.05, 4.69) is 9.97 Å². The van der Waals surface area contributed by atoms with Gasteiger partial charge in [0, 0.05) is 23.3 Å². The molecule has 2 heterocycles. The lowest BCUT2D eigenvalue weighted by molar-refractivity contribution is -0.138. The third kappa shape index (κ3) is 2.89. The van der Waals surface area contributed by atoms with Gasteiger partial charge in [0.25, 0.3) is 0 Å². The van der Waals surface area contributed by atoms with Gasteiger partial charge in [-0.15, -0.1) is 11.8 Å². The summed E-state index contributed by atoms with van der Waals surface area (Å²) in [4.78, 5) is 19.9. The van der Waals surface area contributed by atoms with Crippen LogP contribution in [0.5, 0.6) is 0 Å². The number of carboxylic acid groups (broad SMARTS) is 1. The van der Waals surface area contributed by atoms with Crippen LogP contribution in [-0.2, 0) is 10.5 Å². The molecule has 5 nitrogen and oxygen atoms in total. The van der Waals surface area contributed by atoms with E-state index in [-0.39, 0.29) is 0 Å². The van der Waals surface area contributed by atoms with Crippen molar-refractivity contribution >= 4 is 23.5 Å². The maximum absolute atomic E-state index is 11.1. The predicted octanol–water partition coefficient (Wildman–Crippen LogP) is 2.44. The Morgan fingerprint density at radius 2 is 2.11 bits per heavy atom. The number of aromatic nitrogens is 3. The van der Waals surface area contributed by atoms with Gasteiger partial charge in [-0.05, 0) is 33.8 Å². The first kappa shape index (κ1) is 13.9. The largest absolute Gasteiger partial charge is 0.480 e. The minimum Gasteiger partial charge on any atom is -0.480 e. The molecule has 2 rings (SSSR count). The van der Waals surface area contributed by atoms with E-state index < -0.39 is 10.7 Å². The second kappa shape index (κ2) is 4.85. The third-order valence-electron chi connectivity index (χ3n) is 2.91. The maximum atomic E-state index is 11.1. The molecule has 6 heteroatoms. The van der Waals surface area contributed by atoms with Gasteiger partial charge in [-0.3, -0.25) is 9.20 Å². The highest BCUT2D eigenvalue weighted by atomic mass is 32.2. The molecular formula is C13H17N3O2S. The fourth-order valence-electron chi connectivity index (χ4n) is 1.70. The van der Waals surface area contributed by atoms with Crippen LogP contribution in [0.4, 0.5) is 0 Å². The number of hydrogen-bond donors (Lipinski definition) is 1. The van der Waals surface area contributed by atoms with Crippen LogP contribution >= 0.6 is 11.8 Å². The molecule has 0 spiro atoms. The van der Waals surface area contributed by atoms with Crippen LogP contribution in [0.15, 0.2) is 12.3 Å². The highest BCUT2D eigenvalue weighted by molar-refractivity contribution is 8.00.